The Morgan fingerprint density at radius 2 is 1.92 bits per heavy atom. The van der Waals surface area contributed by atoms with Crippen LogP contribution >= 0.6 is 0 Å². The van der Waals surface area contributed by atoms with Crippen LogP contribution < -0.4 is 5.32 Å². The lowest BCUT2D eigenvalue weighted by Gasteiger charge is -2.44. The molecule has 0 bridgehead atoms. The predicted molar refractivity (Wildman–Crippen MR) is 147 cm³/mol. The minimum atomic E-state index is -0.0602. The molecular weight excluding hydrogens is 460 g/mol. The first-order valence-electron chi connectivity index (χ1n) is 13.9. The summed E-state index contributed by atoms with van der Waals surface area (Å²) in [7, 11) is 0. The van der Waals surface area contributed by atoms with Crippen molar-refractivity contribution in [2.45, 2.75) is 83.4 Å². The van der Waals surface area contributed by atoms with E-state index in [1.807, 2.05) is 35.2 Å². The van der Waals surface area contributed by atoms with Crippen LogP contribution in [0.5, 0.6) is 0 Å². The summed E-state index contributed by atoms with van der Waals surface area (Å²) in [4.78, 5) is 28.2. The van der Waals surface area contributed by atoms with Crippen molar-refractivity contribution in [3.05, 3.63) is 88.2 Å². The second-order valence-corrected chi connectivity index (χ2v) is 10.7. The minimum Gasteiger partial charge on any atom is -0.482 e. The Bertz CT molecular complexity index is 1180. The minimum absolute atomic E-state index is 0.0341. The molecule has 5 nitrogen and oxygen atoms in total. The monoisotopic (exact) mass is 498 g/mol. The van der Waals surface area contributed by atoms with Gasteiger partial charge in [0.25, 0.3) is 11.8 Å². The Morgan fingerprint density at radius 1 is 1.08 bits per heavy atom. The number of carbonyl (C=O) groups is 2. The summed E-state index contributed by atoms with van der Waals surface area (Å²) in [6, 6.07) is 15.9. The average Bonchev–Trinajstić information content (AvgIpc) is 2.92. The molecule has 2 aromatic carbocycles. The molecule has 2 amide bonds. The SMILES string of the molecule is Cc1cccc(CN2C(=O)/C(=C\c3ccc(C(=O)NCCC4=CCCCC4)cc3)OC3CCCCC32)c1. The van der Waals surface area contributed by atoms with Crippen LogP contribution in [0.15, 0.2) is 65.9 Å². The summed E-state index contributed by atoms with van der Waals surface area (Å²) in [6.45, 7) is 3.34. The fraction of sp³-hybridized carbons (Fsp3) is 0.438. The largest absolute Gasteiger partial charge is 0.482 e. The number of aryl methyl sites for hydroxylation is 1. The molecule has 5 rings (SSSR count). The van der Waals surface area contributed by atoms with Gasteiger partial charge >= 0.3 is 0 Å². The van der Waals surface area contributed by atoms with Crippen molar-refractivity contribution in [3.63, 3.8) is 0 Å². The quantitative estimate of drug-likeness (QED) is 0.359. The van der Waals surface area contributed by atoms with Gasteiger partial charge in [0.15, 0.2) is 5.76 Å². The van der Waals surface area contributed by atoms with Gasteiger partial charge in [0.2, 0.25) is 0 Å². The maximum absolute atomic E-state index is 13.6. The van der Waals surface area contributed by atoms with Crippen LogP contribution in [0, 0.1) is 6.92 Å². The number of nitrogens with zero attached hydrogens (tertiary/aromatic N) is 1. The first kappa shape index (κ1) is 25.3. The Labute approximate surface area is 220 Å². The van der Waals surface area contributed by atoms with E-state index in [1.54, 1.807) is 0 Å². The van der Waals surface area contributed by atoms with Crippen LogP contribution in [0.3, 0.4) is 0 Å². The number of rotatable bonds is 7. The second-order valence-electron chi connectivity index (χ2n) is 10.7. The summed E-state index contributed by atoms with van der Waals surface area (Å²) >= 11 is 0. The number of nitrogens with one attached hydrogen (secondary N) is 1. The molecule has 2 fully saturated rings. The van der Waals surface area contributed by atoms with Crippen molar-refractivity contribution >= 4 is 17.9 Å². The Kier molecular flexibility index (Phi) is 8.08. The van der Waals surface area contributed by atoms with E-state index in [1.165, 1.54) is 24.0 Å². The zero-order chi connectivity index (χ0) is 25.6. The number of morpholine rings is 1. The van der Waals surface area contributed by atoms with Gasteiger partial charge in [-0.15, -0.1) is 0 Å². The van der Waals surface area contributed by atoms with Crippen LogP contribution in [0.25, 0.3) is 6.08 Å². The molecule has 0 spiro atoms. The lowest BCUT2D eigenvalue weighted by Crippen LogP contribution is -2.54. The number of carbonyl (C=O) groups excluding carboxylic acids is 2. The highest BCUT2D eigenvalue weighted by atomic mass is 16.5. The highest BCUT2D eigenvalue weighted by Gasteiger charge is 2.41. The van der Waals surface area contributed by atoms with Crippen LogP contribution in [0.4, 0.5) is 0 Å². The number of amides is 2. The maximum Gasteiger partial charge on any atom is 0.289 e. The van der Waals surface area contributed by atoms with Gasteiger partial charge in [-0.3, -0.25) is 9.59 Å². The van der Waals surface area contributed by atoms with E-state index in [4.69, 9.17) is 4.74 Å². The third-order valence-electron chi connectivity index (χ3n) is 7.84. The number of ether oxygens (including phenoxy) is 1. The number of benzene rings is 2. The van der Waals surface area contributed by atoms with Crippen LogP contribution in [0.2, 0.25) is 0 Å². The fourth-order valence-corrected chi connectivity index (χ4v) is 5.82. The van der Waals surface area contributed by atoms with Gasteiger partial charge in [0.1, 0.15) is 6.10 Å². The normalized spacial score (nSPS) is 22.7. The lowest BCUT2D eigenvalue weighted by atomic mass is 9.89. The van der Waals surface area contributed by atoms with Crippen molar-refractivity contribution in [3.8, 4) is 0 Å². The number of fused-ring (bicyclic) bond motifs is 1. The van der Waals surface area contributed by atoms with Gasteiger partial charge in [-0.1, -0.05) is 60.0 Å². The van der Waals surface area contributed by atoms with E-state index in [0.717, 1.165) is 56.1 Å². The van der Waals surface area contributed by atoms with E-state index >= 15 is 0 Å². The summed E-state index contributed by atoms with van der Waals surface area (Å²) < 4.78 is 6.27. The molecule has 3 aliphatic rings. The van der Waals surface area contributed by atoms with Gasteiger partial charge in [-0.25, -0.2) is 0 Å². The van der Waals surface area contributed by atoms with Crippen LogP contribution in [0.1, 0.15) is 84.8 Å². The van der Waals surface area contributed by atoms with Gasteiger partial charge in [0, 0.05) is 18.7 Å². The van der Waals surface area contributed by atoms with Crippen molar-refractivity contribution in [2.75, 3.05) is 6.54 Å². The van der Waals surface area contributed by atoms with Crippen molar-refractivity contribution < 1.29 is 14.3 Å². The second kappa shape index (κ2) is 11.8. The molecule has 2 unspecified atom stereocenters. The summed E-state index contributed by atoms with van der Waals surface area (Å²) in [5.41, 5.74) is 5.29. The number of hydrogen-bond donors (Lipinski definition) is 1. The third kappa shape index (κ3) is 6.33. The molecule has 1 saturated heterocycles. The summed E-state index contributed by atoms with van der Waals surface area (Å²) in [5, 5.41) is 3.04. The highest BCUT2D eigenvalue weighted by molar-refractivity contribution is 5.97. The standard InChI is InChI=1S/C32H38N2O3/c1-23-8-7-11-26(20-23)22-34-28-12-5-6-13-29(28)37-30(32(34)36)21-25-14-16-27(17-15-25)31(35)33-19-18-24-9-3-2-4-10-24/h7-9,11,14-17,20-21,28-29H,2-6,10,12-13,18-19,22H2,1H3,(H,33,35)/b30-21+. The number of hydrogen-bond acceptors (Lipinski definition) is 3. The molecule has 0 radical (unpaired) electrons. The highest BCUT2D eigenvalue weighted by Crippen LogP contribution is 2.34. The average molecular weight is 499 g/mol. The summed E-state index contributed by atoms with van der Waals surface area (Å²) in [5.74, 6) is 0.284. The molecule has 2 aromatic rings. The molecule has 1 aliphatic heterocycles. The third-order valence-corrected chi connectivity index (χ3v) is 7.84. The van der Waals surface area contributed by atoms with Crippen molar-refractivity contribution in [2.24, 2.45) is 0 Å². The Morgan fingerprint density at radius 3 is 2.70 bits per heavy atom. The molecule has 2 aliphatic carbocycles. The molecule has 1 N–H and O–H groups in total. The molecule has 37 heavy (non-hydrogen) atoms. The van der Waals surface area contributed by atoms with E-state index in [0.29, 0.717) is 24.4 Å². The maximum atomic E-state index is 13.6. The smallest absolute Gasteiger partial charge is 0.289 e. The summed E-state index contributed by atoms with van der Waals surface area (Å²) in [6.07, 6.45) is 14.2. The molecule has 5 heteroatoms. The Hall–Kier alpha value is -3.34. The predicted octanol–water partition coefficient (Wildman–Crippen LogP) is 6.33. The van der Waals surface area contributed by atoms with Crippen LogP contribution in [-0.2, 0) is 16.1 Å². The van der Waals surface area contributed by atoms with E-state index in [9.17, 15) is 9.59 Å². The van der Waals surface area contributed by atoms with E-state index in [2.05, 4.69) is 42.6 Å². The molecular formula is C32H38N2O3. The Balaban J connectivity index is 1.26. The van der Waals surface area contributed by atoms with Gasteiger partial charge in [0.05, 0.1) is 6.04 Å². The number of allylic oxidation sites excluding steroid dienone is 1. The van der Waals surface area contributed by atoms with Crippen molar-refractivity contribution in [1.82, 2.24) is 10.2 Å². The molecule has 1 saturated carbocycles. The first-order chi connectivity index (χ1) is 18.1. The molecule has 2 atom stereocenters. The van der Waals surface area contributed by atoms with E-state index < -0.39 is 0 Å². The van der Waals surface area contributed by atoms with E-state index in [-0.39, 0.29) is 24.0 Å². The van der Waals surface area contributed by atoms with Crippen LogP contribution in [-0.4, -0.2) is 35.4 Å². The van der Waals surface area contributed by atoms with Gasteiger partial charge in [-0.2, -0.15) is 0 Å². The molecule has 0 aromatic heterocycles. The topological polar surface area (TPSA) is 58.6 Å². The fourth-order valence-electron chi connectivity index (χ4n) is 5.82. The van der Waals surface area contributed by atoms with Gasteiger partial charge < -0.3 is 15.0 Å². The molecule has 194 valence electrons. The lowest BCUT2D eigenvalue weighted by molar-refractivity contribution is -0.149. The molecule has 1 heterocycles. The first-order valence-corrected chi connectivity index (χ1v) is 13.9. The zero-order valence-corrected chi connectivity index (χ0v) is 21.9. The van der Waals surface area contributed by atoms with Crippen molar-refractivity contribution in [1.29, 1.82) is 0 Å². The van der Waals surface area contributed by atoms with Gasteiger partial charge in [-0.05, 0) is 87.6 Å². The zero-order valence-electron chi connectivity index (χ0n) is 21.9.